The van der Waals surface area contributed by atoms with Gasteiger partial charge in [0.15, 0.2) is 0 Å². The molecule has 278 valence electrons. The highest BCUT2D eigenvalue weighted by atomic mass is 16.3. The van der Waals surface area contributed by atoms with Crippen LogP contribution in [0.15, 0.2) is 209 Å². The quantitative estimate of drug-likeness (QED) is 0.170. The first-order valence-corrected chi connectivity index (χ1v) is 19.9. The summed E-state index contributed by atoms with van der Waals surface area (Å²) in [7, 11) is 2.07. The lowest BCUT2D eigenvalue weighted by atomic mass is 9.86. The van der Waals surface area contributed by atoms with E-state index in [-0.39, 0.29) is 0 Å². The van der Waals surface area contributed by atoms with Crippen LogP contribution in [0.1, 0.15) is 22.9 Å². The number of para-hydroxylation sites is 2. The maximum Gasteiger partial charge on any atom is 0.149 e. The molecule has 10 aromatic rings. The Morgan fingerprint density at radius 3 is 1.83 bits per heavy atom. The summed E-state index contributed by atoms with van der Waals surface area (Å²) in [5, 5.41) is 15.4. The van der Waals surface area contributed by atoms with Gasteiger partial charge >= 0.3 is 0 Å². The fraction of sp³-hybridized carbons (Fsp3) is 0.0370. The number of nitriles is 1. The molecule has 8 aromatic carbocycles. The zero-order valence-corrected chi connectivity index (χ0v) is 32.2. The molecule has 0 saturated heterocycles. The average Bonchev–Trinajstić information content (AvgIpc) is 3.85. The summed E-state index contributed by atoms with van der Waals surface area (Å²) in [4.78, 5) is 7.85. The Kier molecular flexibility index (Phi) is 8.09. The molecule has 1 atom stereocenters. The van der Waals surface area contributed by atoms with E-state index in [0.717, 1.165) is 94.1 Å². The van der Waals surface area contributed by atoms with Gasteiger partial charge in [-0.25, -0.2) is 0 Å². The van der Waals surface area contributed by atoms with Gasteiger partial charge in [0, 0.05) is 39.9 Å². The topological polar surface area (TPSA) is 57.5 Å². The van der Waals surface area contributed by atoms with E-state index in [9.17, 15) is 5.26 Å². The van der Waals surface area contributed by atoms with Crippen molar-refractivity contribution < 1.29 is 4.42 Å². The summed E-state index contributed by atoms with van der Waals surface area (Å²) < 4.78 is 9.11. The Balaban J connectivity index is 1.28. The summed E-state index contributed by atoms with van der Waals surface area (Å²) in [6.45, 7) is 0. The Labute approximate surface area is 341 Å². The molecule has 0 N–H and O–H groups in total. The van der Waals surface area contributed by atoms with E-state index in [2.05, 4.69) is 156 Å². The van der Waals surface area contributed by atoms with Crippen LogP contribution in [0.3, 0.4) is 0 Å². The molecule has 1 unspecified atom stereocenters. The first-order valence-electron chi connectivity index (χ1n) is 19.9. The maximum atomic E-state index is 11.0. The molecule has 0 aliphatic carbocycles. The van der Waals surface area contributed by atoms with Gasteiger partial charge in [-0.05, 0) is 52.6 Å². The van der Waals surface area contributed by atoms with E-state index in [1.54, 1.807) is 0 Å². The van der Waals surface area contributed by atoms with Gasteiger partial charge < -0.3 is 13.9 Å². The summed E-state index contributed by atoms with van der Waals surface area (Å²) >= 11 is 0. The van der Waals surface area contributed by atoms with Gasteiger partial charge in [-0.2, -0.15) is 5.26 Å². The number of aromatic nitrogens is 1. The Hall–Kier alpha value is -7.94. The molecule has 11 rings (SSSR count). The molecule has 0 radical (unpaired) electrons. The van der Waals surface area contributed by atoms with E-state index in [4.69, 9.17) is 9.41 Å². The van der Waals surface area contributed by atoms with Crippen molar-refractivity contribution in [1.29, 1.82) is 5.26 Å². The first kappa shape index (κ1) is 34.3. The monoisotopic (exact) mass is 756 g/mol. The average molecular weight is 757 g/mol. The molecule has 0 saturated carbocycles. The fourth-order valence-electron chi connectivity index (χ4n) is 9.14. The van der Waals surface area contributed by atoms with Crippen LogP contribution in [-0.4, -0.2) is 22.2 Å². The minimum absolute atomic E-state index is 0.530. The number of hydrogen-bond acceptors (Lipinski definition) is 4. The van der Waals surface area contributed by atoms with E-state index >= 15 is 0 Å². The lowest BCUT2D eigenvalue weighted by molar-refractivity contribution is 0.364. The van der Waals surface area contributed by atoms with Gasteiger partial charge in [-0.1, -0.05) is 164 Å². The second-order valence-corrected chi connectivity index (χ2v) is 15.0. The molecule has 2 aromatic heterocycles. The smallest absolute Gasteiger partial charge is 0.149 e. The van der Waals surface area contributed by atoms with Crippen molar-refractivity contribution in [3.8, 4) is 34.0 Å². The Morgan fingerprint density at radius 2 is 1.14 bits per heavy atom. The number of fused-ring (bicyclic) bond motifs is 7. The number of furan rings is 1. The molecular weight excluding hydrogens is 721 g/mol. The van der Waals surface area contributed by atoms with Crippen LogP contribution in [0.2, 0.25) is 0 Å². The van der Waals surface area contributed by atoms with Crippen molar-refractivity contribution in [2.75, 3.05) is 7.05 Å². The zero-order valence-electron chi connectivity index (χ0n) is 32.2. The molecule has 3 heterocycles. The minimum Gasteiger partial charge on any atom is -0.455 e. The van der Waals surface area contributed by atoms with Crippen LogP contribution < -0.4 is 0 Å². The largest absolute Gasteiger partial charge is 0.455 e. The fourth-order valence-corrected chi connectivity index (χ4v) is 9.14. The number of rotatable bonds is 6. The molecule has 0 amide bonds. The zero-order chi connectivity index (χ0) is 39.5. The maximum absolute atomic E-state index is 11.0. The number of hydrogen-bond donors (Lipinski definition) is 0. The van der Waals surface area contributed by atoms with Crippen molar-refractivity contribution >= 4 is 55.2 Å². The van der Waals surface area contributed by atoms with Crippen LogP contribution in [0.5, 0.6) is 0 Å². The van der Waals surface area contributed by atoms with Crippen LogP contribution in [-0.2, 0) is 0 Å². The third kappa shape index (κ3) is 5.42. The van der Waals surface area contributed by atoms with Crippen molar-refractivity contribution in [3.05, 3.63) is 216 Å². The van der Waals surface area contributed by atoms with Gasteiger partial charge in [0.2, 0.25) is 0 Å². The SMILES string of the molecule is CN1C(c2ccccc2)=C(C#N)C(c2ccccc2)=NC1c1c(-c2ccccc2)ccc(-n2c3ccccc3c3c4oc5ccccc5c4ccc32)c1-c1ccccc1. The molecule has 1 aliphatic heterocycles. The second kappa shape index (κ2) is 13.9. The molecule has 0 fully saturated rings. The minimum atomic E-state index is -0.530. The van der Waals surface area contributed by atoms with Crippen molar-refractivity contribution in [2.45, 2.75) is 6.17 Å². The van der Waals surface area contributed by atoms with Gasteiger partial charge in [-0.3, -0.25) is 4.99 Å². The van der Waals surface area contributed by atoms with Crippen molar-refractivity contribution in [2.24, 2.45) is 4.99 Å². The highest BCUT2D eigenvalue weighted by Crippen LogP contribution is 2.49. The predicted molar refractivity (Wildman–Crippen MR) is 241 cm³/mol. The summed E-state index contributed by atoms with van der Waals surface area (Å²) in [5.41, 5.74) is 14.1. The number of nitrogens with zero attached hydrogens (tertiary/aromatic N) is 4. The third-order valence-electron chi connectivity index (χ3n) is 11.7. The van der Waals surface area contributed by atoms with E-state index in [0.29, 0.717) is 11.3 Å². The Bertz CT molecular complexity index is 3340. The molecule has 0 spiro atoms. The summed E-state index contributed by atoms with van der Waals surface area (Å²) in [5.74, 6) is 0. The van der Waals surface area contributed by atoms with E-state index in [1.807, 2.05) is 60.7 Å². The molecule has 59 heavy (non-hydrogen) atoms. The molecule has 5 heteroatoms. The summed E-state index contributed by atoms with van der Waals surface area (Å²) in [6.07, 6.45) is -0.530. The van der Waals surface area contributed by atoms with Crippen LogP contribution in [0.4, 0.5) is 0 Å². The first-order chi connectivity index (χ1) is 29.2. The van der Waals surface area contributed by atoms with Crippen molar-refractivity contribution in [3.63, 3.8) is 0 Å². The summed E-state index contributed by atoms with van der Waals surface area (Å²) in [6, 6.07) is 70.0. The lowest BCUT2D eigenvalue weighted by Gasteiger charge is -2.37. The van der Waals surface area contributed by atoms with Crippen LogP contribution in [0, 0.1) is 11.3 Å². The predicted octanol–water partition coefficient (Wildman–Crippen LogP) is 13.4. The number of allylic oxidation sites excluding steroid dienone is 1. The van der Waals surface area contributed by atoms with Crippen LogP contribution in [0.25, 0.3) is 77.4 Å². The van der Waals surface area contributed by atoms with Crippen LogP contribution >= 0.6 is 0 Å². The molecule has 5 nitrogen and oxygen atoms in total. The molecular formula is C54H36N4O. The van der Waals surface area contributed by atoms with Gasteiger partial charge in [0.25, 0.3) is 0 Å². The Morgan fingerprint density at radius 1 is 0.542 bits per heavy atom. The normalized spacial score (nSPS) is 14.3. The standard InChI is InChI=1S/C54H36N4O/c1-57-52(38-24-12-5-13-25-38)43(34-55)51(37-22-10-4-11-23-37)56-54(57)50-39(35-18-6-2-7-19-35)30-32-45(48(50)36-20-8-3-9-21-36)58-44-28-16-14-27-42(44)49-46(58)33-31-41-40-26-15-17-29-47(40)59-53(41)49/h2-33,54H,1H3. The molecule has 0 bridgehead atoms. The highest BCUT2D eigenvalue weighted by Gasteiger charge is 2.35. The molecule has 1 aliphatic rings. The van der Waals surface area contributed by atoms with Gasteiger partial charge in [0.05, 0.1) is 33.5 Å². The lowest BCUT2D eigenvalue weighted by Crippen LogP contribution is -2.31. The van der Waals surface area contributed by atoms with Crippen molar-refractivity contribution in [1.82, 2.24) is 9.47 Å². The third-order valence-corrected chi connectivity index (χ3v) is 11.7. The number of benzene rings is 8. The van der Waals surface area contributed by atoms with Gasteiger partial charge in [-0.15, -0.1) is 0 Å². The second-order valence-electron chi connectivity index (χ2n) is 15.0. The van der Waals surface area contributed by atoms with E-state index < -0.39 is 6.17 Å². The van der Waals surface area contributed by atoms with Gasteiger partial charge in [0.1, 0.15) is 29.0 Å². The van der Waals surface area contributed by atoms with E-state index in [1.165, 1.54) is 0 Å². The number of aliphatic imine (C=N–C) groups is 1. The highest BCUT2D eigenvalue weighted by molar-refractivity contribution is 6.24.